The maximum atomic E-state index is 12.9. The van der Waals surface area contributed by atoms with Crippen LogP contribution >= 0.6 is 0 Å². The third-order valence-electron chi connectivity index (χ3n) is 5.36. The number of anilines is 1. The van der Waals surface area contributed by atoms with Crippen LogP contribution in [-0.2, 0) is 9.59 Å². The molecule has 0 radical (unpaired) electrons. The molecule has 7 nitrogen and oxygen atoms in total. The number of hydrogen-bond donors (Lipinski definition) is 2. The molecule has 3 rings (SSSR count). The SMILES string of the molecule is CC(=O)c1cccc(NC(=O)CN2C(=O)N[C@]3(CCCC[C@@H]3C)C2=O)c1. The third kappa shape index (κ3) is 3.21. The first-order chi connectivity index (χ1) is 12.3. The molecule has 1 aliphatic heterocycles. The van der Waals surface area contributed by atoms with E-state index in [0.29, 0.717) is 17.7 Å². The molecule has 2 N–H and O–H groups in total. The number of benzene rings is 1. The lowest BCUT2D eigenvalue weighted by Gasteiger charge is -2.36. The Balaban J connectivity index is 1.69. The van der Waals surface area contributed by atoms with Crippen LogP contribution in [0.25, 0.3) is 0 Å². The molecule has 0 aromatic heterocycles. The Morgan fingerprint density at radius 2 is 2.08 bits per heavy atom. The summed E-state index contributed by atoms with van der Waals surface area (Å²) in [7, 11) is 0. The number of nitrogens with zero attached hydrogens (tertiary/aromatic N) is 1. The summed E-state index contributed by atoms with van der Waals surface area (Å²) >= 11 is 0. The van der Waals surface area contributed by atoms with Gasteiger partial charge < -0.3 is 10.6 Å². The average molecular weight is 357 g/mol. The van der Waals surface area contributed by atoms with E-state index in [-0.39, 0.29) is 24.2 Å². The Hall–Kier alpha value is -2.70. The number of carbonyl (C=O) groups excluding carboxylic acids is 4. The molecule has 0 unspecified atom stereocenters. The molecule has 2 aliphatic rings. The van der Waals surface area contributed by atoms with Crippen molar-refractivity contribution in [2.75, 3.05) is 11.9 Å². The number of Topliss-reactive ketones (excluding diaryl/α,β-unsaturated/α-hetero) is 1. The van der Waals surface area contributed by atoms with Crippen molar-refractivity contribution in [1.29, 1.82) is 0 Å². The van der Waals surface area contributed by atoms with Crippen LogP contribution in [0.5, 0.6) is 0 Å². The normalized spacial score (nSPS) is 25.3. The van der Waals surface area contributed by atoms with Gasteiger partial charge >= 0.3 is 6.03 Å². The number of ketones is 1. The lowest BCUT2D eigenvalue weighted by molar-refractivity contribution is -0.136. The van der Waals surface area contributed by atoms with E-state index in [4.69, 9.17) is 0 Å². The van der Waals surface area contributed by atoms with Gasteiger partial charge in [0.05, 0.1) is 0 Å². The van der Waals surface area contributed by atoms with E-state index < -0.39 is 17.5 Å². The van der Waals surface area contributed by atoms with Crippen LogP contribution in [0.4, 0.5) is 10.5 Å². The van der Waals surface area contributed by atoms with E-state index in [1.165, 1.54) is 6.92 Å². The summed E-state index contributed by atoms with van der Waals surface area (Å²) in [5.74, 6) is -0.853. The fourth-order valence-electron chi connectivity index (χ4n) is 3.80. The Kier molecular flexibility index (Phi) is 4.80. The maximum absolute atomic E-state index is 12.9. The van der Waals surface area contributed by atoms with Crippen molar-refractivity contribution in [3.05, 3.63) is 29.8 Å². The van der Waals surface area contributed by atoms with E-state index in [9.17, 15) is 19.2 Å². The van der Waals surface area contributed by atoms with Crippen LogP contribution in [0.3, 0.4) is 0 Å². The molecule has 7 heteroatoms. The van der Waals surface area contributed by atoms with Crippen LogP contribution in [0.15, 0.2) is 24.3 Å². The van der Waals surface area contributed by atoms with Crippen LogP contribution < -0.4 is 10.6 Å². The van der Waals surface area contributed by atoms with Crippen molar-refractivity contribution in [2.45, 2.75) is 45.1 Å². The Morgan fingerprint density at radius 3 is 2.77 bits per heavy atom. The fourth-order valence-corrected chi connectivity index (χ4v) is 3.80. The summed E-state index contributed by atoms with van der Waals surface area (Å²) in [6.07, 6.45) is 3.41. The molecule has 1 saturated carbocycles. The van der Waals surface area contributed by atoms with Gasteiger partial charge in [-0.05, 0) is 37.8 Å². The minimum absolute atomic E-state index is 0.0491. The summed E-state index contributed by atoms with van der Waals surface area (Å²) in [6, 6.07) is 6.02. The molecular formula is C19H23N3O4. The van der Waals surface area contributed by atoms with E-state index >= 15 is 0 Å². The van der Waals surface area contributed by atoms with Gasteiger partial charge in [0.1, 0.15) is 12.1 Å². The van der Waals surface area contributed by atoms with Gasteiger partial charge in [0.2, 0.25) is 5.91 Å². The topological polar surface area (TPSA) is 95.6 Å². The first kappa shape index (κ1) is 18.1. The zero-order valence-electron chi connectivity index (χ0n) is 15.0. The summed E-state index contributed by atoms with van der Waals surface area (Å²) in [6.45, 7) is 3.07. The summed E-state index contributed by atoms with van der Waals surface area (Å²) < 4.78 is 0. The second-order valence-corrected chi connectivity index (χ2v) is 7.12. The van der Waals surface area contributed by atoms with Crippen molar-refractivity contribution < 1.29 is 19.2 Å². The van der Waals surface area contributed by atoms with Gasteiger partial charge in [-0.15, -0.1) is 0 Å². The quantitative estimate of drug-likeness (QED) is 0.638. The molecule has 2 atom stereocenters. The monoisotopic (exact) mass is 357 g/mol. The van der Waals surface area contributed by atoms with Crippen molar-refractivity contribution >= 4 is 29.3 Å². The summed E-state index contributed by atoms with van der Waals surface area (Å²) in [5, 5.41) is 5.47. The first-order valence-electron chi connectivity index (χ1n) is 8.88. The van der Waals surface area contributed by atoms with Crippen molar-refractivity contribution in [1.82, 2.24) is 10.2 Å². The Bertz CT molecular complexity index is 776. The van der Waals surface area contributed by atoms with E-state index in [2.05, 4.69) is 10.6 Å². The molecular weight excluding hydrogens is 334 g/mol. The standard InChI is InChI=1S/C19H23N3O4/c1-12-6-3-4-9-19(12)17(25)22(18(26)21-19)11-16(24)20-15-8-5-7-14(10-15)13(2)23/h5,7-8,10,12H,3-4,6,9,11H2,1-2H3,(H,20,24)(H,21,26)/t12-,19-/m0/s1. The number of nitrogens with one attached hydrogen (secondary N) is 2. The minimum atomic E-state index is -0.871. The van der Waals surface area contributed by atoms with Crippen LogP contribution in [0, 0.1) is 5.92 Å². The molecule has 1 saturated heterocycles. The fraction of sp³-hybridized carbons (Fsp3) is 0.474. The average Bonchev–Trinajstić information content (AvgIpc) is 2.83. The summed E-state index contributed by atoms with van der Waals surface area (Å²) in [5.41, 5.74) is 0.0627. The predicted octanol–water partition coefficient (Wildman–Crippen LogP) is 2.33. The van der Waals surface area contributed by atoms with Gasteiger partial charge in [-0.1, -0.05) is 31.9 Å². The molecule has 138 valence electrons. The molecule has 1 aliphatic carbocycles. The van der Waals surface area contributed by atoms with Crippen molar-refractivity contribution in [2.24, 2.45) is 5.92 Å². The first-order valence-corrected chi connectivity index (χ1v) is 8.88. The van der Waals surface area contributed by atoms with Crippen LogP contribution in [-0.4, -0.2) is 40.6 Å². The molecule has 2 fully saturated rings. The predicted molar refractivity (Wildman–Crippen MR) is 95.7 cm³/mol. The van der Waals surface area contributed by atoms with E-state index in [0.717, 1.165) is 24.2 Å². The highest BCUT2D eigenvalue weighted by Gasteiger charge is 2.55. The number of imide groups is 1. The number of hydrogen-bond acceptors (Lipinski definition) is 4. The molecule has 1 aromatic rings. The van der Waals surface area contributed by atoms with E-state index in [1.54, 1.807) is 24.3 Å². The minimum Gasteiger partial charge on any atom is -0.325 e. The third-order valence-corrected chi connectivity index (χ3v) is 5.36. The van der Waals surface area contributed by atoms with Gasteiger partial charge in [-0.3, -0.25) is 19.3 Å². The number of amides is 4. The zero-order valence-corrected chi connectivity index (χ0v) is 15.0. The second-order valence-electron chi connectivity index (χ2n) is 7.12. The largest absolute Gasteiger partial charge is 0.325 e. The van der Waals surface area contributed by atoms with Crippen LogP contribution in [0.1, 0.15) is 49.9 Å². The van der Waals surface area contributed by atoms with Crippen molar-refractivity contribution in [3.8, 4) is 0 Å². The lowest BCUT2D eigenvalue weighted by Crippen LogP contribution is -2.54. The summed E-state index contributed by atoms with van der Waals surface area (Å²) in [4.78, 5) is 49.9. The van der Waals surface area contributed by atoms with Gasteiger partial charge in [-0.25, -0.2) is 4.79 Å². The van der Waals surface area contributed by atoms with E-state index in [1.807, 2.05) is 6.92 Å². The molecule has 1 aromatic carbocycles. The zero-order chi connectivity index (χ0) is 18.9. The van der Waals surface area contributed by atoms with Crippen molar-refractivity contribution in [3.63, 3.8) is 0 Å². The molecule has 4 amide bonds. The highest BCUT2D eigenvalue weighted by Crippen LogP contribution is 2.38. The lowest BCUT2D eigenvalue weighted by atomic mass is 9.73. The molecule has 1 heterocycles. The molecule has 0 bridgehead atoms. The highest BCUT2D eigenvalue weighted by molar-refractivity contribution is 6.10. The highest BCUT2D eigenvalue weighted by atomic mass is 16.2. The molecule has 26 heavy (non-hydrogen) atoms. The van der Waals surface area contributed by atoms with Gasteiger partial charge in [0, 0.05) is 11.3 Å². The maximum Gasteiger partial charge on any atom is 0.325 e. The van der Waals surface area contributed by atoms with Gasteiger partial charge in [-0.2, -0.15) is 0 Å². The molecule has 1 spiro atoms. The second kappa shape index (κ2) is 6.90. The smallest absolute Gasteiger partial charge is 0.325 e. The number of rotatable bonds is 4. The van der Waals surface area contributed by atoms with Crippen LogP contribution in [0.2, 0.25) is 0 Å². The van der Waals surface area contributed by atoms with Gasteiger partial charge in [0.25, 0.3) is 5.91 Å². The Morgan fingerprint density at radius 1 is 1.31 bits per heavy atom. The number of carbonyl (C=O) groups is 4. The Labute approximate surface area is 152 Å². The number of urea groups is 1. The van der Waals surface area contributed by atoms with Gasteiger partial charge in [0.15, 0.2) is 5.78 Å².